The molecule has 2 aromatic rings. The Bertz CT molecular complexity index is 967. The summed E-state index contributed by atoms with van der Waals surface area (Å²) < 4.78 is 5.78. The zero-order valence-corrected chi connectivity index (χ0v) is 17.8. The van der Waals surface area contributed by atoms with Crippen LogP contribution in [0.1, 0.15) is 11.1 Å². The molecule has 6 nitrogen and oxygen atoms in total. The van der Waals surface area contributed by atoms with Crippen molar-refractivity contribution in [3.8, 4) is 5.75 Å². The van der Waals surface area contributed by atoms with Crippen molar-refractivity contribution in [2.24, 2.45) is 0 Å². The van der Waals surface area contributed by atoms with Gasteiger partial charge in [0.25, 0.3) is 5.91 Å². The lowest BCUT2D eigenvalue weighted by Gasteiger charge is -2.15. The lowest BCUT2D eigenvalue weighted by atomic mass is 10.2. The standard InChI is InChI=1S/C19H16BrClN2O4S/c1-10-2-4-12(21)8-14(10)22-19-23-18(26)16(28-19)7-11-3-5-15(13(20)6-11)27-9-17(24)25/h2-8,19,22H,9H2,1H3,(H,23,26)(H,24,25)/b16-7-. The summed E-state index contributed by atoms with van der Waals surface area (Å²) in [6.07, 6.45) is 1.76. The number of rotatable bonds is 6. The van der Waals surface area contributed by atoms with E-state index < -0.39 is 12.6 Å². The van der Waals surface area contributed by atoms with Crippen LogP contribution in [0.15, 0.2) is 45.8 Å². The number of ether oxygens (including phenoxy) is 1. The van der Waals surface area contributed by atoms with Crippen molar-refractivity contribution in [1.29, 1.82) is 0 Å². The summed E-state index contributed by atoms with van der Waals surface area (Å²) in [5.41, 5.74) is 2.36. The molecule has 0 aliphatic carbocycles. The molecule has 1 heterocycles. The van der Waals surface area contributed by atoms with Crippen molar-refractivity contribution < 1.29 is 19.4 Å². The van der Waals surface area contributed by atoms with Gasteiger partial charge in [-0.25, -0.2) is 4.79 Å². The van der Waals surface area contributed by atoms with Crippen molar-refractivity contribution in [1.82, 2.24) is 5.32 Å². The number of carbonyl (C=O) groups excluding carboxylic acids is 1. The molecular formula is C19H16BrClN2O4S. The van der Waals surface area contributed by atoms with Crippen LogP contribution in [0.25, 0.3) is 6.08 Å². The number of benzene rings is 2. The van der Waals surface area contributed by atoms with Gasteiger partial charge in [0.05, 0.1) is 9.38 Å². The summed E-state index contributed by atoms with van der Waals surface area (Å²) >= 11 is 10.8. The Morgan fingerprint density at radius 3 is 2.89 bits per heavy atom. The predicted octanol–water partition coefficient (Wildman–Crippen LogP) is 4.47. The molecule has 1 atom stereocenters. The van der Waals surface area contributed by atoms with Crippen molar-refractivity contribution in [3.63, 3.8) is 0 Å². The van der Waals surface area contributed by atoms with E-state index in [2.05, 4.69) is 26.6 Å². The highest BCUT2D eigenvalue weighted by molar-refractivity contribution is 9.10. The van der Waals surface area contributed by atoms with Gasteiger partial charge >= 0.3 is 5.97 Å². The van der Waals surface area contributed by atoms with Crippen LogP contribution < -0.4 is 15.4 Å². The van der Waals surface area contributed by atoms with E-state index in [-0.39, 0.29) is 11.4 Å². The van der Waals surface area contributed by atoms with Crippen molar-refractivity contribution >= 4 is 62.9 Å². The van der Waals surface area contributed by atoms with Gasteiger partial charge in [-0.05, 0) is 64.3 Å². The Morgan fingerprint density at radius 2 is 2.18 bits per heavy atom. The highest BCUT2D eigenvalue weighted by Crippen LogP contribution is 2.33. The first kappa shape index (κ1) is 20.6. The number of anilines is 1. The van der Waals surface area contributed by atoms with Crippen molar-refractivity contribution in [2.45, 2.75) is 12.4 Å². The zero-order chi connectivity index (χ0) is 20.3. The van der Waals surface area contributed by atoms with E-state index in [1.165, 1.54) is 11.8 Å². The van der Waals surface area contributed by atoms with Crippen LogP contribution in [0.4, 0.5) is 5.69 Å². The molecule has 3 rings (SSSR count). The monoisotopic (exact) mass is 482 g/mol. The first-order valence-electron chi connectivity index (χ1n) is 8.18. The summed E-state index contributed by atoms with van der Waals surface area (Å²) in [6, 6.07) is 10.7. The number of halogens is 2. The van der Waals surface area contributed by atoms with E-state index in [4.69, 9.17) is 21.4 Å². The molecule has 1 fully saturated rings. The molecule has 1 aliphatic rings. The number of thioether (sulfide) groups is 1. The second-order valence-electron chi connectivity index (χ2n) is 5.96. The third-order valence-electron chi connectivity index (χ3n) is 3.82. The SMILES string of the molecule is Cc1ccc(Cl)cc1NC1NC(=O)/C(=C/c2ccc(OCC(=O)O)c(Br)c2)S1. The van der Waals surface area contributed by atoms with Crippen LogP contribution >= 0.6 is 39.3 Å². The fourth-order valence-electron chi connectivity index (χ4n) is 2.47. The maximum Gasteiger partial charge on any atom is 0.341 e. The molecule has 1 amide bonds. The summed E-state index contributed by atoms with van der Waals surface area (Å²) in [7, 11) is 0. The number of carboxylic acid groups (broad SMARTS) is 1. The van der Waals surface area contributed by atoms with Gasteiger partial charge in [0.2, 0.25) is 0 Å². The van der Waals surface area contributed by atoms with Crippen LogP contribution in [-0.2, 0) is 9.59 Å². The molecule has 0 radical (unpaired) electrons. The lowest BCUT2D eigenvalue weighted by molar-refractivity contribution is -0.139. The molecule has 1 aliphatic heterocycles. The maximum atomic E-state index is 12.3. The first-order valence-corrected chi connectivity index (χ1v) is 10.2. The Hall–Kier alpha value is -2.16. The Morgan fingerprint density at radius 1 is 1.39 bits per heavy atom. The summed E-state index contributed by atoms with van der Waals surface area (Å²) in [5.74, 6) is -0.806. The van der Waals surface area contributed by atoms with Gasteiger partial charge < -0.3 is 20.5 Å². The molecule has 9 heteroatoms. The molecular weight excluding hydrogens is 468 g/mol. The quantitative estimate of drug-likeness (QED) is 0.525. The summed E-state index contributed by atoms with van der Waals surface area (Å²) in [4.78, 5) is 23.5. The highest BCUT2D eigenvalue weighted by Gasteiger charge is 2.27. The van der Waals surface area contributed by atoms with Crippen molar-refractivity contribution in [2.75, 3.05) is 11.9 Å². The van der Waals surface area contributed by atoms with Crippen LogP contribution in [-0.4, -0.2) is 29.1 Å². The number of amides is 1. The summed E-state index contributed by atoms with van der Waals surface area (Å²) in [6.45, 7) is 1.54. The zero-order valence-electron chi connectivity index (χ0n) is 14.7. The predicted molar refractivity (Wildman–Crippen MR) is 115 cm³/mol. The van der Waals surface area contributed by atoms with Gasteiger partial charge in [0, 0.05) is 10.7 Å². The average molecular weight is 484 g/mol. The van der Waals surface area contributed by atoms with E-state index in [1.54, 1.807) is 24.3 Å². The van der Waals surface area contributed by atoms with Crippen molar-refractivity contribution in [3.05, 3.63) is 61.9 Å². The van der Waals surface area contributed by atoms with E-state index in [0.717, 1.165) is 16.8 Å². The third-order valence-corrected chi connectivity index (χ3v) is 5.71. The number of aliphatic carboxylic acids is 1. The second kappa shape index (κ2) is 8.89. The average Bonchev–Trinajstić information content (AvgIpc) is 2.96. The molecule has 3 N–H and O–H groups in total. The number of hydrogen-bond donors (Lipinski definition) is 3. The summed E-state index contributed by atoms with van der Waals surface area (Å²) in [5, 5.41) is 15.5. The second-order valence-corrected chi connectivity index (χ2v) is 8.39. The number of hydrogen-bond acceptors (Lipinski definition) is 5. The minimum absolute atomic E-state index is 0.176. The van der Waals surface area contributed by atoms with Gasteiger partial charge in [-0.2, -0.15) is 0 Å². The van der Waals surface area contributed by atoms with Gasteiger partial charge in [0.15, 0.2) is 12.1 Å². The first-order chi connectivity index (χ1) is 13.3. The number of aryl methyl sites for hydroxylation is 1. The van der Waals surface area contributed by atoms with Gasteiger partial charge in [-0.1, -0.05) is 35.5 Å². The van der Waals surface area contributed by atoms with E-state index >= 15 is 0 Å². The van der Waals surface area contributed by atoms with Crippen LogP contribution in [0, 0.1) is 6.92 Å². The molecule has 0 bridgehead atoms. The highest BCUT2D eigenvalue weighted by atomic mass is 79.9. The molecule has 1 unspecified atom stereocenters. The smallest absolute Gasteiger partial charge is 0.341 e. The van der Waals surface area contributed by atoms with Gasteiger partial charge in [-0.3, -0.25) is 4.79 Å². The third kappa shape index (κ3) is 5.21. The van der Waals surface area contributed by atoms with Gasteiger partial charge in [-0.15, -0.1) is 0 Å². The maximum absolute atomic E-state index is 12.3. The minimum atomic E-state index is -1.05. The minimum Gasteiger partial charge on any atom is -0.481 e. The fraction of sp³-hybridized carbons (Fsp3) is 0.158. The Kier molecular flexibility index (Phi) is 6.53. The topological polar surface area (TPSA) is 87.7 Å². The Labute approximate surface area is 179 Å². The molecule has 1 saturated heterocycles. The van der Waals surface area contributed by atoms with Crippen LogP contribution in [0.3, 0.4) is 0 Å². The molecule has 0 aromatic heterocycles. The molecule has 28 heavy (non-hydrogen) atoms. The fourth-order valence-corrected chi connectivity index (χ4v) is 4.13. The van der Waals surface area contributed by atoms with E-state index in [1.807, 2.05) is 25.1 Å². The molecule has 0 saturated carbocycles. The molecule has 2 aromatic carbocycles. The van der Waals surface area contributed by atoms with Crippen LogP contribution in [0.2, 0.25) is 5.02 Å². The van der Waals surface area contributed by atoms with E-state index in [0.29, 0.717) is 20.2 Å². The number of carbonyl (C=O) groups is 2. The Balaban J connectivity index is 1.71. The molecule has 146 valence electrons. The molecule has 0 spiro atoms. The van der Waals surface area contributed by atoms with E-state index in [9.17, 15) is 9.59 Å². The number of carboxylic acids is 1. The van der Waals surface area contributed by atoms with Gasteiger partial charge in [0.1, 0.15) is 5.75 Å². The number of nitrogens with one attached hydrogen (secondary N) is 2. The lowest BCUT2D eigenvalue weighted by Crippen LogP contribution is -2.31. The van der Waals surface area contributed by atoms with Crippen LogP contribution in [0.5, 0.6) is 5.75 Å². The largest absolute Gasteiger partial charge is 0.481 e. The normalized spacial score (nSPS) is 17.5.